The number of nitrogens with zero attached hydrogens (tertiary/aromatic N) is 1. The van der Waals surface area contributed by atoms with Crippen molar-refractivity contribution in [2.24, 2.45) is 0 Å². The van der Waals surface area contributed by atoms with Crippen molar-refractivity contribution in [2.75, 3.05) is 19.1 Å². The van der Waals surface area contributed by atoms with Crippen LogP contribution >= 0.6 is 0 Å². The molecule has 3 aromatic carbocycles. The second-order valence-electron chi connectivity index (χ2n) is 7.66. The van der Waals surface area contributed by atoms with E-state index >= 15 is 0 Å². The molecule has 1 aliphatic heterocycles. The molecule has 1 fully saturated rings. The molecule has 3 aromatic rings. The first-order chi connectivity index (χ1) is 15.8. The molecule has 0 spiro atoms. The molecule has 7 nitrogen and oxygen atoms in total. The fourth-order valence-electron chi connectivity index (χ4n) is 3.97. The lowest BCUT2D eigenvalue weighted by atomic mass is 9.94. The van der Waals surface area contributed by atoms with E-state index in [2.05, 4.69) is 0 Å². The number of aliphatic hydroxyl groups is 1. The highest BCUT2D eigenvalue weighted by Crippen LogP contribution is 2.43. The third-order valence-electron chi connectivity index (χ3n) is 5.61. The number of aromatic hydroxyl groups is 1. The molecule has 1 aliphatic rings. The first kappa shape index (κ1) is 22.0. The van der Waals surface area contributed by atoms with Gasteiger partial charge in [-0.2, -0.15) is 0 Å². The highest BCUT2D eigenvalue weighted by molar-refractivity contribution is 6.51. The maximum atomic E-state index is 13.2. The predicted molar refractivity (Wildman–Crippen MR) is 124 cm³/mol. The summed E-state index contributed by atoms with van der Waals surface area (Å²) < 4.78 is 10.6. The lowest BCUT2D eigenvalue weighted by Gasteiger charge is -2.25. The van der Waals surface area contributed by atoms with E-state index in [1.54, 1.807) is 48.5 Å². The van der Waals surface area contributed by atoms with Gasteiger partial charge in [-0.3, -0.25) is 14.5 Å². The molecule has 0 bridgehead atoms. The third-order valence-corrected chi connectivity index (χ3v) is 5.61. The Morgan fingerprint density at radius 1 is 0.909 bits per heavy atom. The van der Waals surface area contributed by atoms with Gasteiger partial charge in [0.15, 0.2) is 0 Å². The fourth-order valence-corrected chi connectivity index (χ4v) is 3.97. The third kappa shape index (κ3) is 3.89. The second kappa shape index (κ2) is 8.70. The molecule has 0 aromatic heterocycles. The van der Waals surface area contributed by atoms with Crippen LogP contribution in [-0.2, 0) is 9.59 Å². The van der Waals surface area contributed by atoms with Crippen LogP contribution in [0.1, 0.15) is 22.7 Å². The second-order valence-corrected chi connectivity index (χ2v) is 7.66. The number of rotatable bonds is 5. The minimum Gasteiger partial charge on any atom is -0.508 e. The zero-order chi connectivity index (χ0) is 23.7. The number of anilines is 1. The Morgan fingerprint density at radius 3 is 2.18 bits per heavy atom. The van der Waals surface area contributed by atoms with Gasteiger partial charge in [0.05, 0.1) is 31.4 Å². The first-order valence-corrected chi connectivity index (χ1v) is 10.2. The molecule has 33 heavy (non-hydrogen) atoms. The minimum atomic E-state index is -0.913. The maximum Gasteiger partial charge on any atom is 0.300 e. The zero-order valence-corrected chi connectivity index (χ0v) is 18.4. The number of hydrogen-bond donors (Lipinski definition) is 2. The molecule has 0 aliphatic carbocycles. The monoisotopic (exact) mass is 445 g/mol. The van der Waals surface area contributed by atoms with Gasteiger partial charge in [-0.1, -0.05) is 23.8 Å². The molecule has 1 atom stereocenters. The number of amides is 1. The van der Waals surface area contributed by atoms with Crippen molar-refractivity contribution in [1.82, 2.24) is 0 Å². The van der Waals surface area contributed by atoms with Gasteiger partial charge in [-0.05, 0) is 61.0 Å². The topological polar surface area (TPSA) is 96.3 Å². The number of aliphatic hydroxyl groups excluding tert-OH is 1. The number of carbonyl (C=O) groups is 2. The Labute approximate surface area is 191 Å². The maximum absolute atomic E-state index is 13.2. The highest BCUT2D eigenvalue weighted by atomic mass is 16.5. The molecule has 168 valence electrons. The summed E-state index contributed by atoms with van der Waals surface area (Å²) in [7, 11) is 3.00. The van der Waals surface area contributed by atoms with E-state index in [4.69, 9.17) is 9.47 Å². The normalized spacial score (nSPS) is 17.3. The van der Waals surface area contributed by atoms with Gasteiger partial charge in [-0.25, -0.2) is 0 Å². The van der Waals surface area contributed by atoms with Crippen molar-refractivity contribution in [2.45, 2.75) is 13.0 Å². The van der Waals surface area contributed by atoms with E-state index in [0.717, 1.165) is 5.56 Å². The van der Waals surface area contributed by atoms with Crippen LogP contribution in [0.5, 0.6) is 17.2 Å². The number of ketones is 1. The average Bonchev–Trinajstić information content (AvgIpc) is 3.09. The molecule has 2 N–H and O–H groups in total. The van der Waals surface area contributed by atoms with E-state index in [9.17, 15) is 19.8 Å². The molecular weight excluding hydrogens is 422 g/mol. The van der Waals surface area contributed by atoms with Gasteiger partial charge in [0.25, 0.3) is 11.7 Å². The van der Waals surface area contributed by atoms with E-state index in [1.807, 2.05) is 13.0 Å². The van der Waals surface area contributed by atoms with Crippen molar-refractivity contribution in [3.05, 3.63) is 89.0 Å². The number of phenols is 1. The van der Waals surface area contributed by atoms with E-state index in [1.165, 1.54) is 31.3 Å². The van der Waals surface area contributed by atoms with Gasteiger partial charge in [0.2, 0.25) is 0 Å². The molecule has 1 unspecified atom stereocenters. The summed E-state index contributed by atoms with van der Waals surface area (Å²) in [6.45, 7) is 1.85. The molecule has 1 amide bonds. The fraction of sp³-hybridized carbons (Fsp3) is 0.154. The molecule has 0 saturated carbocycles. The van der Waals surface area contributed by atoms with E-state index in [0.29, 0.717) is 28.3 Å². The van der Waals surface area contributed by atoms with Crippen LogP contribution in [0.2, 0.25) is 0 Å². The number of methoxy groups -OCH3 is 2. The standard InChI is InChI=1S/C26H23NO6/c1-15-4-13-21(33-3)20(14-15)24(29)22-23(16-5-9-18(28)10-6-16)27(26(31)25(22)30)17-7-11-19(32-2)12-8-17/h4-14,23,28-29H,1-3H3/b24-22+. The van der Waals surface area contributed by atoms with Gasteiger partial charge >= 0.3 is 0 Å². The van der Waals surface area contributed by atoms with Crippen molar-refractivity contribution in [3.8, 4) is 17.2 Å². The first-order valence-electron chi connectivity index (χ1n) is 10.2. The largest absolute Gasteiger partial charge is 0.508 e. The minimum absolute atomic E-state index is 0.0421. The summed E-state index contributed by atoms with van der Waals surface area (Å²) >= 11 is 0. The van der Waals surface area contributed by atoms with Crippen LogP contribution in [0.4, 0.5) is 5.69 Å². The Hall–Kier alpha value is -4.26. The highest BCUT2D eigenvalue weighted by Gasteiger charge is 2.47. The number of phenolic OH excluding ortho intramolecular Hbond substituents is 1. The van der Waals surface area contributed by atoms with E-state index in [-0.39, 0.29) is 17.1 Å². The van der Waals surface area contributed by atoms with Crippen molar-refractivity contribution >= 4 is 23.1 Å². The molecule has 7 heteroatoms. The van der Waals surface area contributed by atoms with Crippen molar-refractivity contribution in [1.29, 1.82) is 0 Å². The van der Waals surface area contributed by atoms with Gasteiger partial charge in [0.1, 0.15) is 23.0 Å². The Kier molecular flexibility index (Phi) is 5.79. The summed E-state index contributed by atoms with van der Waals surface area (Å²) in [5.74, 6) is -0.904. The van der Waals surface area contributed by atoms with Crippen LogP contribution in [-0.4, -0.2) is 36.1 Å². The molecule has 4 rings (SSSR count). The summed E-state index contributed by atoms with van der Waals surface area (Å²) in [5.41, 5.74) is 2.12. The molecule has 1 heterocycles. The van der Waals surface area contributed by atoms with Crippen molar-refractivity contribution < 1.29 is 29.3 Å². The number of ether oxygens (including phenoxy) is 2. The summed E-state index contributed by atoms with van der Waals surface area (Å²) in [5, 5.41) is 21.1. The van der Waals surface area contributed by atoms with E-state index < -0.39 is 17.7 Å². The predicted octanol–water partition coefficient (Wildman–Crippen LogP) is 4.34. The number of Topliss-reactive ketones (excluding diaryl/α,β-unsaturated/α-hetero) is 1. The summed E-state index contributed by atoms with van der Waals surface area (Å²) in [6.07, 6.45) is 0. The summed E-state index contributed by atoms with van der Waals surface area (Å²) in [6, 6.07) is 17.2. The van der Waals surface area contributed by atoms with Crippen LogP contribution in [0.25, 0.3) is 5.76 Å². The lowest BCUT2D eigenvalue weighted by molar-refractivity contribution is -0.132. The Balaban J connectivity index is 1.96. The molecule has 1 saturated heterocycles. The Morgan fingerprint density at radius 2 is 1.58 bits per heavy atom. The van der Waals surface area contributed by atoms with Crippen molar-refractivity contribution in [3.63, 3.8) is 0 Å². The van der Waals surface area contributed by atoms with Crippen LogP contribution in [0.3, 0.4) is 0 Å². The quantitative estimate of drug-likeness (QED) is 0.345. The van der Waals surface area contributed by atoms with Gasteiger partial charge in [-0.15, -0.1) is 0 Å². The van der Waals surface area contributed by atoms with Gasteiger partial charge < -0.3 is 19.7 Å². The lowest BCUT2D eigenvalue weighted by Crippen LogP contribution is -2.29. The number of benzene rings is 3. The number of carbonyl (C=O) groups excluding carboxylic acids is 2. The van der Waals surface area contributed by atoms with Crippen LogP contribution < -0.4 is 14.4 Å². The average molecular weight is 445 g/mol. The van der Waals surface area contributed by atoms with Crippen LogP contribution in [0.15, 0.2) is 72.3 Å². The number of aryl methyl sites for hydroxylation is 1. The SMILES string of the molecule is COc1ccc(N2C(=O)C(=O)/C(=C(/O)c3cc(C)ccc3OC)C2c2ccc(O)cc2)cc1. The smallest absolute Gasteiger partial charge is 0.300 e. The molecule has 0 radical (unpaired) electrons. The van der Waals surface area contributed by atoms with Gasteiger partial charge in [0, 0.05) is 5.69 Å². The zero-order valence-electron chi connectivity index (χ0n) is 18.4. The molecular formula is C26H23NO6. The Bertz CT molecular complexity index is 1240. The number of hydrogen-bond acceptors (Lipinski definition) is 6. The summed E-state index contributed by atoms with van der Waals surface area (Å²) in [4.78, 5) is 27.8. The van der Waals surface area contributed by atoms with Crippen LogP contribution in [0, 0.1) is 6.92 Å².